The van der Waals surface area contributed by atoms with Crippen LogP contribution in [0.4, 0.5) is 5.69 Å². The first kappa shape index (κ1) is 21.7. The van der Waals surface area contributed by atoms with Crippen molar-refractivity contribution in [1.82, 2.24) is 5.32 Å². The molecule has 0 aliphatic carbocycles. The molecular formula is C16H25Cl2N3O2. The van der Waals surface area contributed by atoms with Gasteiger partial charge in [0.25, 0.3) is 5.91 Å². The van der Waals surface area contributed by atoms with Gasteiger partial charge in [-0.15, -0.1) is 12.4 Å². The molecule has 1 aromatic rings. The minimum absolute atomic E-state index is 0. The number of nitrogens with one attached hydrogen (secondary N) is 2. The summed E-state index contributed by atoms with van der Waals surface area (Å²) in [4.78, 5) is 23.9. The van der Waals surface area contributed by atoms with Gasteiger partial charge in [0, 0.05) is 18.7 Å². The molecule has 5 nitrogen and oxygen atoms in total. The summed E-state index contributed by atoms with van der Waals surface area (Å²) in [6.45, 7) is 6.87. The lowest BCUT2D eigenvalue weighted by Crippen LogP contribution is -2.31. The molecule has 0 aliphatic rings. The summed E-state index contributed by atoms with van der Waals surface area (Å²) in [5.41, 5.74) is 6.42. The lowest BCUT2D eigenvalue weighted by molar-refractivity contribution is -0.116. The molecule has 0 radical (unpaired) electrons. The maximum Gasteiger partial charge on any atom is 0.252 e. The highest BCUT2D eigenvalue weighted by Gasteiger charge is 2.13. The number of carbonyl (C=O) groups is 2. The summed E-state index contributed by atoms with van der Waals surface area (Å²) in [5, 5.41) is 5.91. The molecule has 4 N–H and O–H groups in total. The van der Waals surface area contributed by atoms with Crippen LogP contribution in [0.3, 0.4) is 0 Å². The molecule has 0 aromatic heterocycles. The number of halogens is 2. The normalized spacial score (nSPS) is 11.6. The van der Waals surface area contributed by atoms with Gasteiger partial charge in [-0.2, -0.15) is 0 Å². The molecule has 1 atom stereocenters. The standard InChI is InChI=1S/C16H24ClN3O2.ClH/c1-10(2)6-15(21)20-12-4-5-14(17)13(7-12)16(22)19-9-11(3)8-18;/h4-5,7,10-11H,6,8-9,18H2,1-3H3,(H,19,22)(H,20,21);1H. The fourth-order valence-electron chi connectivity index (χ4n) is 1.81. The third kappa shape index (κ3) is 7.68. The zero-order chi connectivity index (χ0) is 16.7. The van der Waals surface area contributed by atoms with Crippen molar-refractivity contribution in [1.29, 1.82) is 0 Å². The number of amides is 2. The van der Waals surface area contributed by atoms with Gasteiger partial charge in [0.1, 0.15) is 0 Å². The monoisotopic (exact) mass is 361 g/mol. The highest BCUT2D eigenvalue weighted by molar-refractivity contribution is 6.34. The van der Waals surface area contributed by atoms with E-state index in [-0.39, 0.29) is 36.1 Å². The van der Waals surface area contributed by atoms with Crippen LogP contribution in [0.5, 0.6) is 0 Å². The molecule has 0 fully saturated rings. The maximum atomic E-state index is 12.2. The molecule has 1 unspecified atom stereocenters. The smallest absolute Gasteiger partial charge is 0.252 e. The molecule has 7 heteroatoms. The van der Waals surface area contributed by atoms with E-state index in [1.165, 1.54) is 0 Å². The van der Waals surface area contributed by atoms with E-state index in [0.717, 1.165) is 0 Å². The third-order valence-electron chi connectivity index (χ3n) is 3.10. The Bertz CT molecular complexity index is 536. The predicted molar refractivity (Wildman–Crippen MR) is 97.3 cm³/mol. The second kappa shape index (κ2) is 10.5. The Morgan fingerprint density at radius 2 is 1.91 bits per heavy atom. The molecule has 0 spiro atoms. The van der Waals surface area contributed by atoms with Gasteiger partial charge >= 0.3 is 0 Å². The summed E-state index contributed by atoms with van der Waals surface area (Å²) in [6, 6.07) is 4.87. The van der Waals surface area contributed by atoms with E-state index in [1.807, 2.05) is 20.8 Å². The van der Waals surface area contributed by atoms with E-state index in [9.17, 15) is 9.59 Å². The average molecular weight is 362 g/mol. The Morgan fingerprint density at radius 3 is 2.48 bits per heavy atom. The first-order valence-corrected chi connectivity index (χ1v) is 7.79. The van der Waals surface area contributed by atoms with Gasteiger partial charge in [0.05, 0.1) is 10.6 Å². The molecule has 1 aromatic carbocycles. The number of hydrogen-bond acceptors (Lipinski definition) is 3. The van der Waals surface area contributed by atoms with Gasteiger partial charge in [-0.3, -0.25) is 9.59 Å². The Morgan fingerprint density at radius 1 is 1.26 bits per heavy atom. The van der Waals surface area contributed by atoms with Crippen LogP contribution in [-0.4, -0.2) is 24.9 Å². The lowest BCUT2D eigenvalue weighted by Gasteiger charge is -2.12. The zero-order valence-corrected chi connectivity index (χ0v) is 15.3. The van der Waals surface area contributed by atoms with Crippen molar-refractivity contribution in [3.8, 4) is 0 Å². The van der Waals surface area contributed by atoms with Gasteiger partial charge in [-0.05, 0) is 36.6 Å². The van der Waals surface area contributed by atoms with E-state index in [4.69, 9.17) is 17.3 Å². The average Bonchev–Trinajstić information content (AvgIpc) is 2.45. The topological polar surface area (TPSA) is 84.2 Å². The quantitative estimate of drug-likeness (QED) is 0.697. The first-order valence-electron chi connectivity index (χ1n) is 7.41. The van der Waals surface area contributed by atoms with E-state index in [2.05, 4.69) is 10.6 Å². The van der Waals surface area contributed by atoms with Gasteiger partial charge in [0.2, 0.25) is 5.91 Å². The van der Waals surface area contributed by atoms with Crippen LogP contribution in [0, 0.1) is 11.8 Å². The fourth-order valence-corrected chi connectivity index (χ4v) is 2.01. The summed E-state index contributed by atoms with van der Waals surface area (Å²) in [7, 11) is 0. The van der Waals surface area contributed by atoms with Crippen molar-refractivity contribution in [2.75, 3.05) is 18.4 Å². The zero-order valence-electron chi connectivity index (χ0n) is 13.7. The van der Waals surface area contributed by atoms with Crippen molar-refractivity contribution in [3.63, 3.8) is 0 Å². The Labute approximate surface area is 148 Å². The van der Waals surface area contributed by atoms with Crippen LogP contribution in [0.25, 0.3) is 0 Å². The molecule has 0 aliphatic heterocycles. The van der Waals surface area contributed by atoms with Crippen molar-refractivity contribution < 1.29 is 9.59 Å². The first-order chi connectivity index (χ1) is 10.3. The number of hydrogen-bond donors (Lipinski definition) is 3. The summed E-state index contributed by atoms with van der Waals surface area (Å²) in [6.07, 6.45) is 0.429. The molecular weight excluding hydrogens is 337 g/mol. The van der Waals surface area contributed by atoms with Gasteiger partial charge in [-0.25, -0.2) is 0 Å². The molecule has 0 saturated carbocycles. The molecule has 130 valence electrons. The van der Waals surface area contributed by atoms with Crippen LogP contribution in [-0.2, 0) is 4.79 Å². The van der Waals surface area contributed by atoms with Gasteiger partial charge < -0.3 is 16.4 Å². The molecule has 0 saturated heterocycles. The molecule has 1 rings (SSSR count). The Balaban J connectivity index is 0.00000484. The third-order valence-corrected chi connectivity index (χ3v) is 3.43. The van der Waals surface area contributed by atoms with E-state index < -0.39 is 0 Å². The lowest BCUT2D eigenvalue weighted by atomic mass is 10.1. The number of rotatable bonds is 7. The second-order valence-electron chi connectivity index (χ2n) is 5.89. The van der Waals surface area contributed by atoms with Crippen LogP contribution in [0.2, 0.25) is 5.02 Å². The Kier molecular flexibility index (Phi) is 9.88. The second-order valence-corrected chi connectivity index (χ2v) is 6.30. The van der Waals surface area contributed by atoms with Crippen LogP contribution in [0.1, 0.15) is 37.6 Å². The number of nitrogens with two attached hydrogens (primary N) is 1. The van der Waals surface area contributed by atoms with Crippen LogP contribution < -0.4 is 16.4 Å². The Hall–Kier alpha value is -1.30. The minimum atomic E-state index is -0.273. The van der Waals surface area contributed by atoms with E-state index in [1.54, 1.807) is 18.2 Å². The minimum Gasteiger partial charge on any atom is -0.352 e. The molecule has 2 amide bonds. The number of anilines is 1. The van der Waals surface area contributed by atoms with Crippen molar-refractivity contribution in [2.24, 2.45) is 17.6 Å². The van der Waals surface area contributed by atoms with Crippen LogP contribution >= 0.6 is 24.0 Å². The highest BCUT2D eigenvalue weighted by Crippen LogP contribution is 2.21. The fraction of sp³-hybridized carbons (Fsp3) is 0.500. The maximum absolute atomic E-state index is 12.2. The SMILES string of the molecule is CC(C)CC(=O)Nc1ccc(Cl)c(C(=O)NCC(C)CN)c1.Cl. The summed E-state index contributed by atoms with van der Waals surface area (Å²) in [5.74, 6) is 0.107. The molecule has 0 heterocycles. The number of carbonyl (C=O) groups excluding carboxylic acids is 2. The van der Waals surface area contributed by atoms with Crippen molar-refractivity contribution in [3.05, 3.63) is 28.8 Å². The van der Waals surface area contributed by atoms with Crippen LogP contribution in [0.15, 0.2) is 18.2 Å². The molecule has 0 bridgehead atoms. The van der Waals surface area contributed by atoms with E-state index in [0.29, 0.717) is 35.8 Å². The predicted octanol–water partition coefficient (Wildman–Crippen LogP) is 3.07. The number of benzene rings is 1. The van der Waals surface area contributed by atoms with Gasteiger partial charge in [-0.1, -0.05) is 32.4 Å². The van der Waals surface area contributed by atoms with E-state index >= 15 is 0 Å². The van der Waals surface area contributed by atoms with Crippen molar-refractivity contribution in [2.45, 2.75) is 27.2 Å². The largest absolute Gasteiger partial charge is 0.352 e. The van der Waals surface area contributed by atoms with Crippen molar-refractivity contribution >= 4 is 41.5 Å². The van der Waals surface area contributed by atoms with Gasteiger partial charge in [0.15, 0.2) is 0 Å². The summed E-state index contributed by atoms with van der Waals surface area (Å²) >= 11 is 6.06. The molecule has 23 heavy (non-hydrogen) atoms. The summed E-state index contributed by atoms with van der Waals surface area (Å²) < 4.78 is 0. The highest BCUT2D eigenvalue weighted by atomic mass is 35.5.